The fourth-order valence-electron chi connectivity index (χ4n) is 1.14. The summed E-state index contributed by atoms with van der Waals surface area (Å²) in [6.07, 6.45) is -1.91. The van der Waals surface area contributed by atoms with Gasteiger partial charge in [-0.25, -0.2) is 14.2 Å². The van der Waals surface area contributed by atoms with E-state index in [2.05, 4.69) is 4.98 Å². The van der Waals surface area contributed by atoms with Crippen LogP contribution in [0.25, 0.3) is 0 Å². The Bertz CT molecular complexity index is 391. The second kappa shape index (κ2) is 9.19. The van der Waals surface area contributed by atoms with Gasteiger partial charge in [-0.1, -0.05) is 11.6 Å². The first-order valence-electron chi connectivity index (χ1n) is 5.72. The summed E-state index contributed by atoms with van der Waals surface area (Å²) in [6.45, 7) is 3.58. The molecule has 0 spiro atoms. The van der Waals surface area contributed by atoms with Gasteiger partial charge in [0, 0.05) is 12.0 Å². The number of alkyl halides is 1. The van der Waals surface area contributed by atoms with Crippen molar-refractivity contribution < 1.29 is 23.4 Å². The van der Waals surface area contributed by atoms with Gasteiger partial charge in [-0.2, -0.15) is 0 Å². The summed E-state index contributed by atoms with van der Waals surface area (Å²) in [5, 5.41) is 1.38. The van der Waals surface area contributed by atoms with Gasteiger partial charge >= 0.3 is 5.97 Å². The maximum atomic E-state index is 13.6. The number of thiazole rings is 1. The predicted molar refractivity (Wildman–Crippen MR) is 69.2 cm³/mol. The molecule has 1 heterocycles. The second-order valence-corrected chi connectivity index (χ2v) is 4.80. The number of rotatable bonds is 9. The lowest BCUT2D eigenvalue weighted by atomic mass is 10.3. The van der Waals surface area contributed by atoms with E-state index in [0.29, 0.717) is 19.8 Å². The molecule has 0 aliphatic rings. The SMILES string of the molecule is CCOCCOCCOC(=O)C(F)c1csc(Cl)n1. The van der Waals surface area contributed by atoms with Gasteiger partial charge < -0.3 is 14.2 Å². The molecule has 0 radical (unpaired) electrons. The predicted octanol–water partition coefficient (Wildman–Crippen LogP) is 2.40. The van der Waals surface area contributed by atoms with E-state index in [4.69, 9.17) is 25.8 Å². The van der Waals surface area contributed by atoms with Gasteiger partial charge in [0.15, 0.2) is 4.47 Å². The Hall–Kier alpha value is -0.760. The molecule has 1 aromatic heterocycles. The molecule has 0 saturated carbocycles. The van der Waals surface area contributed by atoms with Crippen molar-refractivity contribution in [3.05, 3.63) is 15.5 Å². The molecule has 1 aromatic rings. The Morgan fingerprint density at radius 3 is 2.74 bits per heavy atom. The van der Waals surface area contributed by atoms with Gasteiger partial charge in [0.05, 0.1) is 25.5 Å². The van der Waals surface area contributed by atoms with Crippen LogP contribution in [0.1, 0.15) is 18.8 Å². The Morgan fingerprint density at radius 1 is 1.42 bits per heavy atom. The van der Waals surface area contributed by atoms with Gasteiger partial charge in [-0.05, 0) is 6.92 Å². The van der Waals surface area contributed by atoms with Crippen molar-refractivity contribution >= 4 is 28.9 Å². The molecule has 0 saturated heterocycles. The highest BCUT2D eigenvalue weighted by Gasteiger charge is 2.23. The van der Waals surface area contributed by atoms with E-state index in [0.717, 1.165) is 11.3 Å². The first-order valence-corrected chi connectivity index (χ1v) is 6.98. The summed E-state index contributed by atoms with van der Waals surface area (Å²) in [4.78, 5) is 15.0. The number of hydrogen-bond donors (Lipinski definition) is 0. The van der Waals surface area contributed by atoms with Crippen molar-refractivity contribution in [2.45, 2.75) is 13.1 Å². The normalized spacial score (nSPS) is 12.4. The molecule has 8 heteroatoms. The summed E-state index contributed by atoms with van der Waals surface area (Å²) >= 11 is 6.61. The topological polar surface area (TPSA) is 57.7 Å². The Labute approximate surface area is 119 Å². The van der Waals surface area contributed by atoms with E-state index < -0.39 is 12.1 Å². The van der Waals surface area contributed by atoms with Crippen LogP contribution in [0.3, 0.4) is 0 Å². The second-order valence-electron chi connectivity index (χ2n) is 3.36. The molecule has 0 bridgehead atoms. The quantitative estimate of drug-likeness (QED) is 0.518. The lowest BCUT2D eigenvalue weighted by Crippen LogP contribution is -2.16. The fourth-order valence-corrected chi connectivity index (χ4v) is 1.92. The number of hydrogen-bond acceptors (Lipinski definition) is 6. The lowest BCUT2D eigenvalue weighted by molar-refractivity contribution is -0.151. The molecule has 0 aliphatic carbocycles. The molecule has 1 unspecified atom stereocenters. The molecule has 0 fully saturated rings. The number of halogens is 2. The van der Waals surface area contributed by atoms with Gasteiger partial charge in [0.1, 0.15) is 6.61 Å². The van der Waals surface area contributed by atoms with Crippen molar-refractivity contribution in [2.75, 3.05) is 33.0 Å². The molecule has 1 atom stereocenters. The van der Waals surface area contributed by atoms with Crippen molar-refractivity contribution in [3.63, 3.8) is 0 Å². The van der Waals surface area contributed by atoms with Crippen molar-refractivity contribution in [1.82, 2.24) is 4.98 Å². The summed E-state index contributed by atoms with van der Waals surface area (Å²) in [7, 11) is 0. The van der Waals surface area contributed by atoms with Crippen molar-refractivity contribution in [3.8, 4) is 0 Å². The summed E-state index contributed by atoms with van der Waals surface area (Å²) < 4.78 is 28.6. The molecular weight excluding hydrogens is 297 g/mol. The summed E-state index contributed by atoms with van der Waals surface area (Å²) in [5.41, 5.74) is -0.0303. The maximum Gasteiger partial charge on any atom is 0.347 e. The maximum absolute atomic E-state index is 13.6. The van der Waals surface area contributed by atoms with Gasteiger partial charge in [0.25, 0.3) is 0 Å². The minimum atomic E-state index is -1.91. The van der Waals surface area contributed by atoms with Crippen LogP contribution >= 0.6 is 22.9 Å². The average Bonchev–Trinajstić information content (AvgIpc) is 2.83. The van der Waals surface area contributed by atoms with E-state index in [1.54, 1.807) is 0 Å². The minimum Gasteiger partial charge on any atom is -0.461 e. The van der Waals surface area contributed by atoms with Gasteiger partial charge in [0.2, 0.25) is 6.17 Å². The van der Waals surface area contributed by atoms with Crippen LogP contribution in [0, 0.1) is 0 Å². The van der Waals surface area contributed by atoms with E-state index in [1.165, 1.54) is 5.38 Å². The third kappa shape index (κ3) is 6.29. The highest BCUT2D eigenvalue weighted by Crippen LogP contribution is 2.23. The molecule has 0 N–H and O–H groups in total. The molecule has 108 valence electrons. The molecule has 0 amide bonds. The zero-order valence-corrected chi connectivity index (χ0v) is 12.0. The third-order valence-corrected chi connectivity index (χ3v) is 3.01. The van der Waals surface area contributed by atoms with Crippen LogP contribution in [0.2, 0.25) is 4.47 Å². The molecule has 0 aromatic carbocycles. The van der Waals surface area contributed by atoms with Crippen molar-refractivity contribution in [1.29, 1.82) is 0 Å². The number of carbonyl (C=O) groups is 1. The monoisotopic (exact) mass is 311 g/mol. The zero-order valence-electron chi connectivity index (χ0n) is 10.4. The van der Waals surface area contributed by atoms with Crippen molar-refractivity contribution in [2.24, 2.45) is 0 Å². The Balaban J connectivity index is 2.14. The number of aromatic nitrogens is 1. The average molecular weight is 312 g/mol. The number of nitrogens with zero attached hydrogens (tertiary/aromatic N) is 1. The molecule has 5 nitrogen and oxygen atoms in total. The van der Waals surface area contributed by atoms with Crippen LogP contribution in [0.15, 0.2) is 5.38 Å². The fraction of sp³-hybridized carbons (Fsp3) is 0.636. The minimum absolute atomic E-state index is 0.0107. The van der Waals surface area contributed by atoms with E-state index in [1.807, 2.05) is 6.92 Å². The smallest absolute Gasteiger partial charge is 0.347 e. The number of carbonyl (C=O) groups excluding carboxylic acids is 1. The van der Waals surface area contributed by atoms with E-state index in [-0.39, 0.29) is 23.4 Å². The first-order chi connectivity index (χ1) is 9.15. The molecular formula is C11H15ClFNO4S. The van der Waals surface area contributed by atoms with Gasteiger partial charge in [-0.15, -0.1) is 11.3 Å². The Morgan fingerprint density at radius 2 is 2.11 bits per heavy atom. The Kier molecular flexibility index (Phi) is 7.88. The zero-order chi connectivity index (χ0) is 14.1. The molecule has 1 rings (SSSR count). The summed E-state index contributed by atoms with van der Waals surface area (Å²) in [5.74, 6) is -0.990. The number of ether oxygens (including phenoxy) is 3. The van der Waals surface area contributed by atoms with Gasteiger partial charge in [-0.3, -0.25) is 0 Å². The number of esters is 1. The highest BCUT2D eigenvalue weighted by atomic mass is 35.5. The lowest BCUT2D eigenvalue weighted by Gasteiger charge is -2.07. The first kappa shape index (κ1) is 16.3. The van der Waals surface area contributed by atoms with Crippen LogP contribution in [0.5, 0.6) is 0 Å². The highest BCUT2D eigenvalue weighted by molar-refractivity contribution is 7.14. The van der Waals surface area contributed by atoms with E-state index >= 15 is 0 Å². The van der Waals surface area contributed by atoms with E-state index in [9.17, 15) is 9.18 Å². The standard InChI is InChI=1S/C11H15ClFNO4S/c1-2-16-3-4-17-5-6-18-10(15)9(13)8-7-19-11(12)14-8/h7,9H,2-6H2,1H3. The molecule has 0 aliphatic heterocycles. The van der Waals surface area contributed by atoms with Crippen LogP contribution in [-0.2, 0) is 19.0 Å². The van der Waals surface area contributed by atoms with Crippen LogP contribution in [-0.4, -0.2) is 44.0 Å². The molecule has 19 heavy (non-hydrogen) atoms. The largest absolute Gasteiger partial charge is 0.461 e. The summed E-state index contributed by atoms with van der Waals surface area (Å²) in [6, 6.07) is 0. The van der Waals surface area contributed by atoms with Crippen LogP contribution in [0.4, 0.5) is 4.39 Å². The third-order valence-electron chi connectivity index (χ3n) is 2.01. The van der Waals surface area contributed by atoms with Crippen LogP contribution < -0.4 is 0 Å².